The van der Waals surface area contributed by atoms with Gasteiger partial charge in [0.05, 0.1) is 13.2 Å². The first-order valence-electron chi connectivity index (χ1n) is 4.63. The number of carbonyl (C=O) groups is 3. The van der Waals surface area contributed by atoms with Gasteiger partial charge in [0.15, 0.2) is 0 Å². The second-order valence-electron chi connectivity index (χ2n) is 2.79. The van der Waals surface area contributed by atoms with Crippen LogP contribution in [0.1, 0.15) is 12.8 Å². The molecule has 3 amide bonds. The molecule has 0 heterocycles. The highest BCUT2D eigenvalue weighted by Crippen LogP contribution is 1.90. The number of amides is 3. The topological polar surface area (TPSA) is 134 Å². The molecular weight excluding hydrogens is 218 g/mol. The highest BCUT2D eigenvalue weighted by Gasteiger charge is 2.02. The van der Waals surface area contributed by atoms with Gasteiger partial charge in [-0.05, 0) is 6.42 Å². The third-order valence-electron chi connectivity index (χ3n) is 1.46. The molecule has 8 nitrogen and oxygen atoms in total. The monoisotopic (exact) mass is 233 g/mol. The van der Waals surface area contributed by atoms with E-state index in [1.54, 1.807) is 0 Å². The van der Waals surface area contributed by atoms with Crippen LogP contribution in [-0.4, -0.2) is 37.9 Å². The Kier molecular flexibility index (Phi) is 7.29. The van der Waals surface area contributed by atoms with Gasteiger partial charge in [-0.3, -0.25) is 4.79 Å². The van der Waals surface area contributed by atoms with Crippen LogP contribution < -0.4 is 16.8 Å². The summed E-state index contributed by atoms with van der Waals surface area (Å²) in [5.74, 6) is -0.235. The molecule has 0 aliphatic rings. The lowest BCUT2D eigenvalue weighted by Gasteiger charge is -2.05. The van der Waals surface area contributed by atoms with Gasteiger partial charge in [0, 0.05) is 6.42 Å². The van der Waals surface area contributed by atoms with E-state index < -0.39 is 12.2 Å². The summed E-state index contributed by atoms with van der Waals surface area (Å²) in [6, 6.07) is 0. The van der Waals surface area contributed by atoms with E-state index in [9.17, 15) is 14.4 Å². The average Bonchev–Trinajstić information content (AvgIpc) is 2.19. The van der Waals surface area contributed by atoms with Crippen LogP contribution in [-0.2, 0) is 14.3 Å². The van der Waals surface area contributed by atoms with Crippen molar-refractivity contribution in [1.82, 2.24) is 5.32 Å². The average molecular weight is 233 g/mol. The zero-order chi connectivity index (χ0) is 12.4. The summed E-state index contributed by atoms with van der Waals surface area (Å²) >= 11 is 0. The Hall–Kier alpha value is -1.99. The number of hydrogen-bond acceptors (Lipinski definition) is 5. The summed E-state index contributed by atoms with van der Waals surface area (Å²) < 4.78 is 8.81. The van der Waals surface area contributed by atoms with Crippen molar-refractivity contribution < 1.29 is 23.9 Å². The van der Waals surface area contributed by atoms with Crippen LogP contribution in [0.25, 0.3) is 0 Å². The minimum absolute atomic E-state index is 0.0266. The predicted molar refractivity (Wildman–Crippen MR) is 53.3 cm³/mol. The Morgan fingerprint density at radius 1 is 1.00 bits per heavy atom. The first-order chi connectivity index (χ1) is 7.52. The molecule has 0 fully saturated rings. The summed E-state index contributed by atoms with van der Waals surface area (Å²) in [5.41, 5.74) is 9.42. The Morgan fingerprint density at radius 3 is 2.12 bits per heavy atom. The summed E-state index contributed by atoms with van der Waals surface area (Å²) in [6.07, 6.45) is -1.17. The van der Waals surface area contributed by atoms with Crippen molar-refractivity contribution in [2.75, 3.05) is 19.8 Å². The smallest absolute Gasteiger partial charge is 0.404 e. The number of primary amides is 2. The summed E-state index contributed by atoms with van der Waals surface area (Å²) in [5, 5.41) is 2.48. The second-order valence-corrected chi connectivity index (χ2v) is 2.79. The van der Waals surface area contributed by atoms with Gasteiger partial charge in [0.2, 0.25) is 5.91 Å². The number of hydrogen-bond donors (Lipinski definition) is 3. The summed E-state index contributed by atoms with van der Waals surface area (Å²) in [6.45, 7) is 0.317. The fourth-order valence-electron chi connectivity index (χ4n) is 0.836. The molecule has 92 valence electrons. The van der Waals surface area contributed by atoms with Crippen molar-refractivity contribution in [1.29, 1.82) is 0 Å². The second kappa shape index (κ2) is 8.33. The van der Waals surface area contributed by atoms with Crippen LogP contribution >= 0.6 is 0 Å². The minimum atomic E-state index is -0.885. The van der Waals surface area contributed by atoms with E-state index in [0.717, 1.165) is 0 Å². The van der Waals surface area contributed by atoms with Gasteiger partial charge in [0.25, 0.3) is 0 Å². The Labute approximate surface area is 92.2 Å². The lowest BCUT2D eigenvalue weighted by Crippen LogP contribution is -2.29. The van der Waals surface area contributed by atoms with Crippen LogP contribution in [0.5, 0.6) is 0 Å². The number of rotatable bonds is 7. The molecule has 0 rings (SSSR count). The molecule has 0 aliphatic carbocycles. The quantitative estimate of drug-likeness (QED) is 0.488. The summed E-state index contributed by atoms with van der Waals surface area (Å²) in [7, 11) is 0. The van der Waals surface area contributed by atoms with Gasteiger partial charge in [0.1, 0.15) is 6.61 Å². The molecule has 8 heteroatoms. The first-order valence-corrected chi connectivity index (χ1v) is 4.63. The molecule has 0 aromatic rings. The highest BCUT2D eigenvalue weighted by atomic mass is 16.5. The third-order valence-corrected chi connectivity index (χ3v) is 1.46. The van der Waals surface area contributed by atoms with E-state index in [0.29, 0.717) is 6.42 Å². The third kappa shape index (κ3) is 10.1. The van der Waals surface area contributed by atoms with Crippen molar-refractivity contribution in [3.05, 3.63) is 0 Å². The fourth-order valence-corrected chi connectivity index (χ4v) is 0.836. The molecule has 0 unspecified atom stereocenters. The molecule has 0 aromatic carbocycles. The van der Waals surface area contributed by atoms with Crippen LogP contribution in [0.4, 0.5) is 9.59 Å². The molecule has 0 atom stereocenters. The number of ether oxygens (including phenoxy) is 2. The molecule has 0 spiro atoms. The standard InChI is InChI=1S/C8H15N3O5/c9-7(13)15-4-1-2-6(12)11-3-5-16-8(10)14/h1-5H2,(H2,9,13)(H2,10,14)(H,11,12). The molecule has 0 aromatic heterocycles. The largest absolute Gasteiger partial charge is 0.450 e. The van der Waals surface area contributed by atoms with Crippen molar-refractivity contribution in [2.45, 2.75) is 12.8 Å². The van der Waals surface area contributed by atoms with Crippen LogP contribution in [0.2, 0.25) is 0 Å². The lowest BCUT2D eigenvalue weighted by molar-refractivity contribution is -0.121. The van der Waals surface area contributed by atoms with Gasteiger partial charge in [-0.1, -0.05) is 0 Å². The van der Waals surface area contributed by atoms with Crippen molar-refractivity contribution >= 4 is 18.1 Å². The van der Waals surface area contributed by atoms with Gasteiger partial charge >= 0.3 is 12.2 Å². The van der Waals surface area contributed by atoms with E-state index in [1.807, 2.05) is 0 Å². The normalized spacial score (nSPS) is 9.25. The van der Waals surface area contributed by atoms with Gasteiger partial charge in [-0.2, -0.15) is 0 Å². The van der Waals surface area contributed by atoms with Gasteiger partial charge in [-0.15, -0.1) is 0 Å². The zero-order valence-corrected chi connectivity index (χ0v) is 8.73. The maximum atomic E-state index is 11.1. The van der Waals surface area contributed by atoms with Gasteiger partial charge < -0.3 is 26.3 Å². The predicted octanol–water partition coefficient (Wildman–Crippen LogP) is -0.927. The molecular formula is C8H15N3O5. The highest BCUT2D eigenvalue weighted by molar-refractivity contribution is 5.75. The van der Waals surface area contributed by atoms with Crippen molar-refractivity contribution in [3.8, 4) is 0 Å². The fraction of sp³-hybridized carbons (Fsp3) is 0.625. The van der Waals surface area contributed by atoms with Crippen LogP contribution in [0.15, 0.2) is 0 Å². The lowest BCUT2D eigenvalue weighted by atomic mass is 10.3. The zero-order valence-electron chi connectivity index (χ0n) is 8.73. The van der Waals surface area contributed by atoms with Crippen LogP contribution in [0, 0.1) is 0 Å². The van der Waals surface area contributed by atoms with E-state index in [1.165, 1.54) is 0 Å². The molecule has 0 radical (unpaired) electrons. The number of nitrogens with one attached hydrogen (secondary N) is 1. The van der Waals surface area contributed by atoms with Crippen LogP contribution in [0.3, 0.4) is 0 Å². The first kappa shape index (κ1) is 14.0. The SMILES string of the molecule is NC(=O)OCCCC(=O)NCCOC(N)=O. The molecule has 0 saturated heterocycles. The molecule has 16 heavy (non-hydrogen) atoms. The maximum absolute atomic E-state index is 11.1. The van der Waals surface area contributed by atoms with E-state index in [-0.39, 0.29) is 32.1 Å². The Morgan fingerprint density at radius 2 is 1.56 bits per heavy atom. The van der Waals surface area contributed by atoms with Crippen molar-refractivity contribution in [3.63, 3.8) is 0 Å². The van der Waals surface area contributed by atoms with Crippen molar-refractivity contribution in [2.24, 2.45) is 11.5 Å². The molecule has 0 saturated carbocycles. The minimum Gasteiger partial charge on any atom is -0.450 e. The number of nitrogens with two attached hydrogens (primary N) is 2. The molecule has 0 aliphatic heterocycles. The molecule has 5 N–H and O–H groups in total. The Bertz CT molecular complexity index is 232. The number of carbonyl (C=O) groups excluding carboxylic acids is 3. The maximum Gasteiger partial charge on any atom is 0.404 e. The Balaban J connectivity index is 3.31. The molecule has 0 bridgehead atoms. The van der Waals surface area contributed by atoms with E-state index in [4.69, 9.17) is 11.5 Å². The summed E-state index contributed by atoms with van der Waals surface area (Å²) in [4.78, 5) is 31.4. The van der Waals surface area contributed by atoms with E-state index >= 15 is 0 Å². The van der Waals surface area contributed by atoms with Gasteiger partial charge in [-0.25, -0.2) is 9.59 Å². The van der Waals surface area contributed by atoms with E-state index in [2.05, 4.69) is 14.8 Å².